The molecule has 1 fully saturated rings. The first-order valence-electron chi connectivity index (χ1n) is 5.80. The van der Waals surface area contributed by atoms with E-state index in [4.69, 9.17) is 17.3 Å². The van der Waals surface area contributed by atoms with Crippen molar-refractivity contribution in [1.82, 2.24) is 9.88 Å². The molecule has 2 amide bonds. The molecule has 2 rings (SSSR count). The third-order valence-electron chi connectivity index (χ3n) is 3.09. The van der Waals surface area contributed by atoms with Gasteiger partial charge in [0.25, 0.3) is 5.91 Å². The number of nitrogens with zero attached hydrogens (tertiary/aromatic N) is 2. The quantitative estimate of drug-likeness (QED) is 0.805. The first-order valence-corrected chi connectivity index (χ1v) is 6.18. The summed E-state index contributed by atoms with van der Waals surface area (Å²) in [7, 11) is 0. The van der Waals surface area contributed by atoms with Crippen molar-refractivity contribution in [2.75, 3.05) is 6.54 Å². The van der Waals surface area contributed by atoms with Gasteiger partial charge in [-0.05, 0) is 13.0 Å². The highest BCUT2D eigenvalue weighted by atomic mass is 35.5. The number of pyridine rings is 1. The van der Waals surface area contributed by atoms with Crippen LogP contribution < -0.4 is 5.73 Å². The van der Waals surface area contributed by atoms with Gasteiger partial charge in [-0.1, -0.05) is 11.6 Å². The van der Waals surface area contributed by atoms with Crippen molar-refractivity contribution in [2.24, 2.45) is 5.73 Å². The number of rotatable bonds is 2. The lowest BCUT2D eigenvalue weighted by Crippen LogP contribution is -2.43. The highest BCUT2D eigenvalue weighted by Crippen LogP contribution is 2.24. The molecule has 1 aliphatic rings. The Bertz CT molecular complexity index is 535. The zero-order valence-electron chi connectivity index (χ0n) is 10.3. The molecule has 102 valence electrons. The number of nitrogens with two attached hydrogens (primary N) is 1. The number of aliphatic hydroxyl groups excluding tert-OH is 1. The van der Waals surface area contributed by atoms with E-state index in [2.05, 4.69) is 4.98 Å². The lowest BCUT2D eigenvalue weighted by Gasteiger charge is -2.22. The molecule has 1 aromatic rings. The number of halogens is 1. The fourth-order valence-electron chi connectivity index (χ4n) is 2.15. The van der Waals surface area contributed by atoms with Crippen molar-refractivity contribution in [2.45, 2.75) is 25.5 Å². The largest absolute Gasteiger partial charge is 0.391 e. The Labute approximate surface area is 115 Å². The van der Waals surface area contributed by atoms with Gasteiger partial charge in [0, 0.05) is 24.9 Å². The van der Waals surface area contributed by atoms with Crippen LogP contribution in [0.4, 0.5) is 0 Å². The molecule has 19 heavy (non-hydrogen) atoms. The van der Waals surface area contributed by atoms with Gasteiger partial charge in [-0.25, -0.2) is 0 Å². The number of hydrogen-bond acceptors (Lipinski definition) is 4. The van der Waals surface area contributed by atoms with E-state index in [0.29, 0.717) is 5.69 Å². The van der Waals surface area contributed by atoms with Crippen LogP contribution in [0.25, 0.3) is 0 Å². The van der Waals surface area contributed by atoms with Crippen LogP contribution in [0.1, 0.15) is 22.5 Å². The molecule has 2 atom stereocenters. The van der Waals surface area contributed by atoms with E-state index >= 15 is 0 Å². The van der Waals surface area contributed by atoms with Crippen LogP contribution in [-0.4, -0.2) is 45.5 Å². The van der Waals surface area contributed by atoms with Crippen molar-refractivity contribution in [1.29, 1.82) is 0 Å². The average Bonchev–Trinajstić information content (AvgIpc) is 2.70. The van der Waals surface area contributed by atoms with Gasteiger partial charge in [-0.2, -0.15) is 0 Å². The summed E-state index contributed by atoms with van der Waals surface area (Å²) in [5, 5.41) is 9.84. The molecule has 1 saturated heterocycles. The number of aromatic nitrogens is 1. The average molecular weight is 284 g/mol. The minimum absolute atomic E-state index is 0.0661. The monoisotopic (exact) mass is 283 g/mol. The molecule has 0 aromatic carbocycles. The molecule has 1 aliphatic heterocycles. The van der Waals surface area contributed by atoms with Gasteiger partial charge in [0.15, 0.2) is 0 Å². The Morgan fingerprint density at radius 1 is 1.58 bits per heavy atom. The summed E-state index contributed by atoms with van der Waals surface area (Å²) in [4.78, 5) is 28.9. The standard InChI is InChI=1S/C12H14ClN3O3/c1-6-2-9(13)8(4-15-6)12(19)16-5-7(17)3-10(16)11(14)18/h2,4,7,10,17H,3,5H2,1H3,(H2,14,18). The molecule has 0 radical (unpaired) electrons. The minimum atomic E-state index is -0.806. The fraction of sp³-hybridized carbons (Fsp3) is 0.417. The highest BCUT2D eigenvalue weighted by molar-refractivity contribution is 6.33. The van der Waals surface area contributed by atoms with Gasteiger partial charge < -0.3 is 15.7 Å². The van der Waals surface area contributed by atoms with Crippen LogP contribution in [0.3, 0.4) is 0 Å². The zero-order chi connectivity index (χ0) is 14.2. The number of primary amides is 1. The van der Waals surface area contributed by atoms with Gasteiger partial charge in [-0.15, -0.1) is 0 Å². The third kappa shape index (κ3) is 2.69. The van der Waals surface area contributed by atoms with E-state index in [1.807, 2.05) is 0 Å². The van der Waals surface area contributed by atoms with Gasteiger partial charge in [-0.3, -0.25) is 14.6 Å². The van der Waals surface area contributed by atoms with Gasteiger partial charge in [0.2, 0.25) is 5.91 Å². The van der Waals surface area contributed by atoms with E-state index in [1.54, 1.807) is 13.0 Å². The molecule has 0 aliphatic carbocycles. The maximum atomic E-state index is 12.3. The molecule has 1 aromatic heterocycles. The second-order valence-electron chi connectivity index (χ2n) is 4.57. The second kappa shape index (κ2) is 5.14. The number of hydrogen-bond donors (Lipinski definition) is 2. The second-order valence-corrected chi connectivity index (χ2v) is 4.98. The number of β-amino-alcohol motifs (C(OH)–C–C–N with tert-alkyl or cyclic N) is 1. The smallest absolute Gasteiger partial charge is 0.257 e. The summed E-state index contributed by atoms with van der Waals surface area (Å²) >= 11 is 6.00. The summed E-state index contributed by atoms with van der Waals surface area (Å²) in [6.07, 6.45) is 0.763. The van der Waals surface area contributed by atoms with Crippen LogP contribution in [0.2, 0.25) is 5.02 Å². The van der Waals surface area contributed by atoms with Crippen LogP contribution in [0, 0.1) is 6.92 Å². The molecular formula is C12H14ClN3O3. The van der Waals surface area contributed by atoms with Gasteiger partial charge in [0.1, 0.15) is 6.04 Å². The molecule has 6 nitrogen and oxygen atoms in total. The van der Waals surface area contributed by atoms with Crippen molar-refractivity contribution in [3.63, 3.8) is 0 Å². The van der Waals surface area contributed by atoms with E-state index in [0.717, 1.165) is 0 Å². The summed E-state index contributed by atoms with van der Waals surface area (Å²) in [5.74, 6) is -1.08. The lowest BCUT2D eigenvalue weighted by molar-refractivity contribution is -0.121. The first kappa shape index (κ1) is 13.8. The Balaban J connectivity index is 2.30. The van der Waals surface area contributed by atoms with Crippen molar-refractivity contribution in [3.8, 4) is 0 Å². The highest BCUT2D eigenvalue weighted by Gasteiger charge is 2.38. The SMILES string of the molecule is Cc1cc(Cl)c(C(=O)N2CC(O)CC2C(N)=O)cn1. The number of likely N-dealkylation sites (tertiary alicyclic amines) is 1. The topological polar surface area (TPSA) is 96.5 Å². The Hall–Kier alpha value is -1.66. The molecule has 7 heteroatoms. The predicted octanol–water partition coefficient (Wildman–Crippen LogP) is 0.104. The molecule has 0 saturated carbocycles. The number of carbonyl (C=O) groups excluding carboxylic acids is 2. The van der Waals surface area contributed by atoms with Gasteiger partial charge >= 0.3 is 0 Å². The van der Waals surface area contributed by atoms with Crippen LogP contribution >= 0.6 is 11.6 Å². The number of aryl methyl sites for hydroxylation is 1. The van der Waals surface area contributed by atoms with Crippen LogP contribution in [0.15, 0.2) is 12.3 Å². The Kier molecular flexibility index (Phi) is 3.73. The molecule has 0 bridgehead atoms. The predicted molar refractivity (Wildman–Crippen MR) is 68.6 cm³/mol. The molecule has 2 unspecified atom stereocenters. The maximum absolute atomic E-state index is 12.3. The summed E-state index contributed by atoms with van der Waals surface area (Å²) < 4.78 is 0. The number of aliphatic hydroxyl groups is 1. The molecule has 2 heterocycles. The van der Waals surface area contributed by atoms with E-state index in [9.17, 15) is 14.7 Å². The van der Waals surface area contributed by atoms with E-state index < -0.39 is 24.0 Å². The Morgan fingerprint density at radius 2 is 2.26 bits per heavy atom. The van der Waals surface area contributed by atoms with Gasteiger partial charge in [0.05, 0.1) is 16.7 Å². The number of amides is 2. The fourth-order valence-corrected chi connectivity index (χ4v) is 2.43. The third-order valence-corrected chi connectivity index (χ3v) is 3.40. The Morgan fingerprint density at radius 3 is 2.84 bits per heavy atom. The molecule has 3 N–H and O–H groups in total. The number of carbonyl (C=O) groups is 2. The van der Waals surface area contributed by atoms with Crippen molar-refractivity contribution < 1.29 is 14.7 Å². The van der Waals surface area contributed by atoms with Crippen molar-refractivity contribution in [3.05, 3.63) is 28.5 Å². The normalized spacial score (nSPS) is 22.6. The van der Waals surface area contributed by atoms with Crippen molar-refractivity contribution >= 4 is 23.4 Å². The minimum Gasteiger partial charge on any atom is -0.391 e. The summed E-state index contributed by atoms with van der Waals surface area (Å²) in [6, 6.07) is 0.764. The molecular weight excluding hydrogens is 270 g/mol. The van der Waals surface area contributed by atoms with Crippen LogP contribution in [0.5, 0.6) is 0 Å². The van der Waals surface area contributed by atoms with E-state index in [1.165, 1.54) is 11.1 Å². The lowest BCUT2D eigenvalue weighted by atomic mass is 10.1. The molecule has 0 spiro atoms. The summed E-state index contributed by atoms with van der Waals surface area (Å²) in [6.45, 7) is 1.82. The first-order chi connectivity index (χ1) is 8.90. The maximum Gasteiger partial charge on any atom is 0.257 e. The van der Waals surface area contributed by atoms with E-state index in [-0.39, 0.29) is 23.6 Å². The summed E-state index contributed by atoms with van der Waals surface area (Å²) in [5.41, 5.74) is 6.13. The van der Waals surface area contributed by atoms with Crippen LogP contribution in [-0.2, 0) is 4.79 Å². The zero-order valence-corrected chi connectivity index (χ0v) is 11.1.